The second kappa shape index (κ2) is 4.90. The highest BCUT2D eigenvalue weighted by Crippen LogP contribution is 2.26. The van der Waals surface area contributed by atoms with Crippen LogP contribution in [0.2, 0.25) is 0 Å². The van der Waals surface area contributed by atoms with Crippen molar-refractivity contribution in [3.63, 3.8) is 0 Å². The van der Waals surface area contributed by atoms with Crippen LogP contribution in [-0.2, 0) is 11.2 Å². The first kappa shape index (κ1) is 13.1. The number of carbonyl (C=O) groups is 2. The molecule has 0 saturated carbocycles. The average Bonchev–Trinajstić information content (AvgIpc) is 3.02. The van der Waals surface area contributed by atoms with E-state index < -0.39 is 0 Å². The van der Waals surface area contributed by atoms with Crippen LogP contribution in [0.4, 0.5) is 5.69 Å². The SMILES string of the molecule is CC(O)C1CCN(C(=O)c2ccc3c(c2)NC(=O)C3)C1. The van der Waals surface area contributed by atoms with Crippen molar-refractivity contribution >= 4 is 17.5 Å². The molecule has 106 valence electrons. The van der Waals surface area contributed by atoms with E-state index in [4.69, 9.17) is 0 Å². The molecule has 1 aromatic rings. The Labute approximate surface area is 117 Å². The molecule has 0 bridgehead atoms. The molecule has 5 nitrogen and oxygen atoms in total. The number of fused-ring (bicyclic) bond motifs is 1. The fourth-order valence-electron chi connectivity index (χ4n) is 2.90. The van der Waals surface area contributed by atoms with E-state index >= 15 is 0 Å². The Bertz CT molecular complexity index is 568. The molecule has 2 aliphatic heterocycles. The van der Waals surface area contributed by atoms with E-state index in [0.717, 1.165) is 17.7 Å². The number of nitrogens with zero attached hydrogens (tertiary/aromatic N) is 1. The normalized spacial score (nSPS) is 22.6. The van der Waals surface area contributed by atoms with Gasteiger partial charge in [-0.3, -0.25) is 9.59 Å². The summed E-state index contributed by atoms with van der Waals surface area (Å²) in [5.41, 5.74) is 2.28. The maximum Gasteiger partial charge on any atom is 0.253 e. The summed E-state index contributed by atoms with van der Waals surface area (Å²) in [7, 11) is 0. The number of hydrogen-bond donors (Lipinski definition) is 2. The summed E-state index contributed by atoms with van der Waals surface area (Å²) in [5, 5.41) is 12.4. The highest BCUT2D eigenvalue weighted by Gasteiger charge is 2.30. The Balaban J connectivity index is 1.76. The lowest BCUT2D eigenvalue weighted by molar-refractivity contribution is -0.115. The molecule has 20 heavy (non-hydrogen) atoms. The van der Waals surface area contributed by atoms with Crippen molar-refractivity contribution < 1.29 is 14.7 Å². The first-order valence-electron chi connectivity index (χ1n) is 6.94. The molecule has 0 aliphatic carbocycles. The van der Waals surface area contributed by atoms with Crippen molar-refractivity contribution in [1.29, 1.82) is 0 Å². The number of aliphatic hydroxyl groups is 1. The lowest BCUT2D eigenvalue weighted by Crippen LogP contribution is -2.30. The quantitative estimate of drug-likeness (QED) is 0.846. The largest absolute Gasteiger partial charge is 0.393 e. The lowest BCUT2D eigenvalue weighted by atomic mass is 10.0. The number of hydrogen-bond acceptors (Lipinski definition) is 3. The van der Waals surface area contributed by atoms with Gasteiger partial charge in [-0.05, 0) is 31.0 Å². The second-order valence-corrected chi connectivity index (χ2v) is 5.64. The molecule has 2 aliphatic rings. The molecular weight excluding hydrogens is 256 g/mol. The zero-order chi connectivity index (χ0) is 14.3. The van der Waals surface area contributed by atoms with E-state index in [2.05, 4.69) is 5.32 Å². The molecule has 5 heteroatoms. The van der Waals surface area contributed by atoms with Gasteiger partial charge >= 0.3 is 0 Å². The summed E-state index contributed by atoms with van der Waals surface area (Å²) >= 11 is 0. The van der Waals surface area contributed by atoms with Gasteiger partial charge in [0.05, 0.1) is 12.5 Å². The van der Waals surface area contributed by atoms with Gasteiger partial charge in [-0.15, -0.1) is 0 Å². The number of benzene rings is 1. The molecule has 2 amide bonds. The van der Waals surface area contributed by atoms with Gasteiger partial charge in [-0.25, -0.2) is 0 Å². The van der Waals surface area contributed by atoms with Crippen LogP contribution < -0.4 is 5.32 Å². The molecule has 2 unspecified atom stereocenters. The maximum absolute atomic E-state index is 12.4. The van der Waals surface area contributed by atoms with E-state index in [9.17, 15) is 14.7 Å². The van der Waals surface area contributed by atoms with Gasteiger partial charge in [0, 0.05) is 30.3 Å². The first-order chi connectivity index (χ1) is 9.54. The van der Waals surface area contributed by atoms with Crippen LogP contribution in [0.1, 0.15) is 29.3 Å². The molecule has 1 saturated heterocycles. The number of anilines is 1. The van der Waals surface area contributed by atoms with Crippen LogP contribution in [0.15, 0.2) is 18.2 Å². The monoisotopic (exact) mass is 274 g/mol. The summed E-state index contributed by atoms with van der Waals surface area (Å²) in [6.07, 6.45) is 0.843. The summed E-state index contributed by atoms with van der Waals surface area (Å²) in [6.45, 7) is 3.04. The van der Waals surface area contributed by atoms with E-state index in [1.807, 2.05) is 6.07 Å². The van der Waals surface area contributed by atoms with E-state index in [1.54, 1.807) is 24.0 Å². The Morgan fingerprint density at radius 3 is 3.00 bits per heavy atom. The minimum Gasteiger partial charge on any atom is -0.393 e. The third kappa shape index (κ3) is 2.29. The Morgan fingerprint density at radius 1 is 1.50 bits per heavy atom. The zero-order valence-electron chi connectivity index (χ0n) is 11.4. The number of amides is 2. The lowest BCUT2D eigenvalue weighted by Gasteiger charge is -2.18. The molecule has 2 heterocycles. The topological polar surface area (TPSA) is 69.6 Å². The van der Waals surface area contributed by atoms with Crippen molar-refractivity contribution in [3.05, 3.63) is 29.3 Å². The average molecular weight is 274 g/mol. The van der Waals surface area contributed by atoms with Gasteiger partial charge < -0.3 is 15.3 Å². The van der Waals surface area contributed by atoms with E-state index in [-0.39, 0.29) is 23.8 Å². The highest BCUT2D eigenvalue weighted by atomic mass is 16.3. The maximum atomic E-state index is 12.4. The number of rotatable bonds is 2. The van der Waals surface area contributed by atoms with Crippen molar-refractivity contribution in [2.45, 2.75) is 25.9 Å². The van der Waals surface area contributed by atoms with Gasteiger partial charge in [0.2, 0.25) is 5.91 Å². The van der Waals surface area contributed by atoms with Gasteiger partial charge in [0.25, 0.3) is 5.91 Å². The van der Waals surface area contributed by atoms with Crippen molar-refractivity contribution in [3.8, 4) is 0 Å². The summed E-state index contributed by atoms with van der Waals surface area (Å²) in [5.74, 6) is 0.102. The van der Waals surface area contributed by atoms with Crippen LogP contribution in [-0.4, -0.2) is 41.0 Å². The van der Waals surface area contributed by atoms with Gasteiger partial charge in [0.1, 0.15) is 0 Å². The minimum atomic E-state index is -0.382. The number of nitrogens with one attached hydrogen (secondary N) is 1. The molecule has 2 N–H and O–H groups in total. The third-order valence-electron chi connectivity index (χ3n) is 4.18. The molecular formula is C15H18N2O3. The smallest absolute Gasteiger partial charge is 0.253 e. The van der Waals surface area contributed by atoms with Crippen LogP contribution in [0.5, 0.6) is 0 Å². The molecule has 0 aromatic heterocycles. The van der Waals surface area contributed by atoms with Crippen LogP contribution in [0.25, 0.3) is 0 Å². The second-order valence-electron chi connectivity index (χ2n) is 5.64. The fourth-order valence-corrected chi connectivity index (χ4v) is 2.90. The van der Waals surface area contributed by atoms with Crippen LogP contribution in [0, 0.1) is 5.92 Å². The van der Waals surface area contributed by atoms with Crippen LogP contribution >= 0.6 is 0 Å². The van der Waals surface area contributed by atoms with Crippen molar-refractivity contribution in [2.75, 3.05) is 18.4 Å². The predicted octanol–water partition coefficient (Wildman–Crippen LogP) is 1.02. The van der Waals surface area contributed by atoms with Crippen molar-refractivity contribution in [1.82, 2.24) is 4.90 Å². The zero-order valence-corrected chi connectivity index (χ0v) is 11.4. The molecule has 1 fully saturated rings. The Morgan fingerprint density at radius 2 is 2.30 bits per heavy atom. The predicted molar refractivity (Wildman–Crippen MR) is 74.5 cm³/mol. The molecule has 3 rings (SSSR count). The van der Waals surface area contributed by atoms with Crippen molar-refractivity contribution in [2.24, 2.45) is 5.92 Å². The van der Waals surface area contributed by atoms with Gasteiger partial charge in [-0.1, -0.05) is 6.07 Å². The van der Waals surface area contributed by atoms with Crippen LogP contribution in [0.3, 0.4) is 0 Å². The number of carbonyl (C=O) groups excluding carboxylic acids is 2. The molecule has 2 atom stereocenters. The summed E-state index contributed by atoms with van der Waals surface area (Å²) in [4.78, 5) is 25.5. The summed E-state index contributed by atoms with van der Waals surface area (Å²) in [6, 6.07) is 5.36. The molecule has 0 spiro atoms. The summed E-state index contributed by atoms with van der Waals surface area (Å²) < 4.78 is 0. The first-order valence-corrected chi connectivity index (χ1v) is 6.94. The molecule has 0 radical (unpaired) electrons. The molecule has 1 aromatic carbocycles. The highest BCUT2D eigenvalue weighted by molar-refractivity contribution is 6.02. The van der Waals surface area contributed by atoms with E-state index in [0.29, 0.717) is 25.1 Å². The number of aliphatic hydroxyl groups excluding tert-OH is 1. The standard InChI is InChI=1S/C15H18N2O3/c1-9(18)12-4-5-17(8-12)15(20)11-3-2-10-7-14(19)16-13(10)6-11/h2-3,6,9,12,18H,4-5,7-8H2,1H3,(H,16,19). The number of likely N-dealkylation sites (tertiary alicyclic amines) is 1. The third-order valence-corrected chi connectivity index (χ3v) is 4.18. The van der Waals surface area contributed by atoms with Gasteiger partial charge in [0.15, 0.2) is 0 Å². The Hall–Kier alpha value is -1.88. The minimum absolute atomic E-state index is 0.0278. The van der Waals surface area contributed by atoms with Gasteiger partial charge in [-0.2, -0.15) is 0 Å². The van der Waals surface area contributed by atoms with E-state index in [1.165, 1.54) is 0 Å². The Kier molecular flexibility index (Phi) is 3.22. The fraction of sp³-hybridized carbons (Fsp3) is 0.467.